The number of rotatable bonds is 3. The number of aliphatic hydroxyl groups is 1. The third kappa shape index (κ3) is 1.77. The van der Waals surface area contributed by atoms with Crippen LogP contribution in [0.25, 0.3) is 0 Å². The van der Waals surface area contributed by atoms with Gasteiger partial charge in [-0.1, -0.05) is 0 Å². The van der Waals surface area contributed by atoms with E-state index in [1.807, 2.05) is 0 Å². The fourth-order valence-electron chi connectivity index (χ4n) is 1.48. The topological polar surface area (TPSA) is 78.0 Å². The van der Waals surface area contributed by atoms with Gasteiger partial charge in [-0.05, 0) is 25.3 Å². The minimum Gasteiger partial charge on any atom is -0.388 e. The zero-order valence-corrected chi connectivity index (χ0v) is 7.79. The van der Waals surface area contributed by atoms with Crippen LogP contribution in [0.4, 0.5) is 0 Å². The number of carbonyl (C=O) groups is 1. The SMILES string of the molecule is O=C(NCC1(O)CCC1)c1ccn[nH]1. The van der Waals surface area contributed by atoms with E-state index in [-0.39, 0.29) is 5.91 Å². The first kappa shape index (κ1) is 9.21. The second kappa shape index (κ2) is 3.42. The highest BCUT2D eigenvalue weighted by Crippen LogP contribution is 2.30. The molecule has 14 heavy (non-hydrogen) atoms. The van der Waals surface area contributed by atoms with Gasteiger partial charge in [0.2, 0.25) is 0 Å². The van der Waals surface area contributed by atoms with Gasteiger partial charge in [0.25, 0.3) is 5.91 Å². The highest BCUT2D eigenvalue weighted by atomic mass is 16.3. The molecule has 3 N–H and O–H groups in total. The van der Waals surface area contributed by atoms with Gasteiger partial charge in [0.05, 0.1) is 5.60 Å². The zero-order chi connectivity index (χ0) is 10.0. The van der Waals surface area contributed by atoms with Crippen molar-refractivity contribution in [3.05, 3.63) is 18.0 Å². The van der Waals surface area contributed by atoms with Gasteiger partial charge in [-0.15, -0.1) is 0 Å². The monoisotopic (exact) mass is 195 g/mol. The molecular formula is C9H13N3O2. The predicted octanol–water partition coefficient (Wildman–Crippen LogP) is 0.0545. The van der Waals surface area contributed by atoms with Crippen LogP contribution in [0.2, 0.25) is 0 Å². The first-order valence-corrected chi connectivity index (χ1v) is 4.70. The fourth-order valence-corrected chi connectivity index (χ4v) is 1.48. The average Bonchev–Trinajstić information content (AvgIpc) is 2.63. The second-order valence-electron chi connectivity index (χ2n) is 3.73. The van der Waals surface area contributed by atoms with Gasteiger partial charge in [0, 0.05) is 12.7 Å². The minimum absolute atomic E-state index is 0.220. The van der Waals surface area contributed by atoms with Crippen LogP contribution in [-0.2, 0) is 0 Å². The Morgan fingerprint density at radius 3 is 3.00 bits per heavy atom. The molecule has 0 atom stereocenters. The first-order chi connectivity index (χ1) is 6.70. The van der Waals surface area contributed by atoms with E-state index in [0.29, 0.717) is 12.2 Å². The Bertz CT molecular complexity index is 317. The summed E-state index contributed by atoms with van der Waals surface area (Å²) in [5.41, 5.74) is -0.247. The van der Waals surface area contributed by atoms with Gasteiger partial charge in [-0.3, -0.25) is 9.89 Å². The average molecular weight is 195 g/mol. The quantitative estimate of drug-likeness (QED) is 0.638. The highest BCUT2D eigenvalue weighted by Gasteiger charge is 2.34. The summed E-state index contributed by atoms with van der Waals surface area (Å²) in [6.07, 6.45) is 4.11. The number of nitrogens with one attached hydrogen (secondary N) is 2. The number of aromatic nitrogens is 2. The van der Waals surface area contributed by atoms with E-state index in [1.165, 1.54) is 6.20 Å². The van der Waals surface area contributed by atoms with Crippen molar-refractivity contribution in [2.24, 2.45) is 0 Å². The molecule has 1 aromatic rings. The Morgan fingerprint density at radius 1 is 1.71 bits per heavy atom. The van der Waals surface area contributed by atoms with Gasteiger partial charge in [0.15, 0.2) is 0 Å². The summed E-state index contributed by atoms with van der Waals surface area (Å²) in [7, 11) is 0. The van der Waals surface area contributed by atoms with Gasteiger partial charge in [0.1, 0.15) is 5.69 Å². The van der Waals surface area contributed by atoms with E-state index in [2.05, 4.69) is 15.5 Å². The maximum Gasteiger partial charge on any atom is 0.269 e. The molecule has 0 saturated heterocycles. The van der Waals surface area contributed by atoms with Crippen LogP contribution >= 0.6 is 0 Å². The second-order valence-corrected chi connectivity index (χ2v) is 3.73. The van der Waals surface area contributed by atoms with Crippen molar-refractivity contribution in [1.82, 2.24) is 15.5 Å². The molecule has 0 aliphatic heterocycles. The van der Waals surface area contributed by atoms with Crippen LogP contribution in [-0.4, -0.2) is 33.4 Å². The lowest BCUT2D eigenvalue weighted by Gasteiger charge is -2.36. The fraction of sp³-hybridized carbons (Fsp3) is 0.556. The Balaban J connectivity index is 1.84. The molecule has 2 rings (SSSR count). The summed E-state index contributed by atoms with van der Waals surface area (Å²) in [6.45, 7) is 0.324. The number of amides is 1. The molecule has 0 radical (unpaired) electrons. The maximum absolute atomic E-state index is 11.4. The molecule has 0 spiro atoms. The van der Waals surface area contributed by atoms with Gasteiger partial charge in [-0.25, -0.2) is 0 Å². The van der Waals surface area contributed by atoms with Crippen LogP contribution in [0, 0.1) is 0 Å². The number of carbonyl (C=O) groups excluding carboxylic acids is 1. The van der Waals surface area contributed by atoms with Crippen molar-refractivity contribution in [3.8, 4) is 0 Å². The number of hydrogen-bond acceptors (Lipinski definition) is 3. The van der Waals surface area contributed by atoms with Crippen molar-refractivity contribution in [3.63, 3.8) is 0 Å². The van der Waals surface area contributed by atoms with E-state index >= 15 is 0 Å². The number of nitrogens with zero attached hydrogens (tertiary/aromatic N) is 1. The van der Waals surface area contributed by atoms with E-state index in [4.69, 9.17) is 0 Å². The lowest BCUT2D eigenvalue weighted by atomic mass is 9.80. The standard InChI is InChI=1S/C9H13N3O2/c13-8(7-2-5-11-12-7)10-6-9(14)3-1-4-9/h2,5,14H,1,3-4,6H2,(H,10,13)(H,11,12). The van der Waals surface area contributed by atoms with Crippen LogP contribution < -0.4 is 5.32 Å². The summed E-state index contributed by atoms with van der Waals surface area (Å²) in [6, 6.07) is 1.60. The minimum atomic E-state index is -0.671. The number of H-pyrrole nitrogens is 1. The summed E-state index contributed by atoms with van der Waals surface area (Å²) in [5, 5.41) is 18.6. The molecule has 0 bridgehead atoms. The largest absolute Gasteiger partial charge is 0.388 e. The molecule has 1 heterocycles. The van der Waals surface area contributed by atoms with Crippen LogP contribution in [0.1, 0.15) is 29.8 Å². The van der Waals surface area contributed by atoms with Crippen LogP contribution in [0.3, 0.4) is 0 Å². The molecule has 1 saturated carbocycles. The smallest absolute Gasteiger partial charge is 0.269 e. The summed E-state index contributed by atoms with van der Waals surface area (Å²) < 4.78 is 0. The molecule has 1 fully saturated rings. The number of aromatic amines is 1. The summed E-state index contributed by atoms with van der Waals surface area (Å²) in [4.78, 5) is 11.4. The molecule has 1 amide bonds. The summed E-state index contributed by atoms with van der Waals surface area (Å²) >= 11 is 0. The third-order valence-electron chi connectivity index (χ3n) is 2.61. The van der Waals surface area contributed by atoms with E-state index in [9.17, 15) is 9.90 Å². The molecule has 1 aromatic heterocycles. The van der Waals surface area contributed by atoms with Crippen molar-refractivity contribution < 1.29 is 9.90 Å². The van der Waals surface area contributed by atoms with Gasteiger partial charge in [-0.2, -0.15) is 5.10 Å². The molecule has 1 aliphatic rings. The molecule has 5 heteroatoms. The summed E-state index contributed by atoms with van der Waals surface area (Å²) in [5.74, 6) is -0.220. The highest BCUT2D eigenvalue weighted by molar-refractivity contribution is 5.92. The predicted molar refractivity (Wildman–Crippen MR) is 49.7 cm³/mol. The molecular weight excluding hydrogens is 182 g/mol. The zero-order valence-electron chi connectivity index (χ0n) is 7.79. The van der Waals surface area contributed by atoms with Crippen molar-refractivity contribution in [2.45, 2.75) is 24.9 Å². The lowest BCUT2D eigenvalue weighted by molar-refractivity contribution is -0.0300. The lowest BCUT2D eigenvalue weighted by Crippen LogP contribution is -2.47. The van der Waals surface area contributed by atoms with Gasteiger partial charge >= 0.3 is 0 Å². The third-order valence-corrected chi connectivity index (χ3v) is 2.61. The Hall–Kier alpha value is -1.36. The van der Waals surface area contributed by atoms with E-state index in [0.717, 1.165) is 19.3 Å². The van der Waals surface area contributed by atoms with Crippen molar-refractivity contribution in [1.29, 1.82) is 0 Å². The van der Waals surface area contributed by atoms with Crippen molar-refractivity contribution in [2.75, 3.05) is 6.54 Å². The normalized spacial score (nSPS) is 18.6. The van der Waals surface area contributed by atoms with Crippen LogP contribution in [0.5, 0.6) is 0 Å². The maximum atomic E-state index is 11.4. The Morgan fingerprint density at radius 2 is 2.50 bits per heavy atom. The van der Waals surface area contributed by atoms with Crippen molar-refractivity contribution >= 4 is 5.91 Å². The van der Waals surface area contributed by atoms with Crippen LogP contribution in [0.15, 0.2) is 12.3 Å². The number of hydrogen-bond donors (Lipinski definition) is 3. The van der Waals surface area contributed by atoms with Gasteiger partial charge < -0.3 is 10.4 Å². The molecule has 5 nitrogen and oxygen atoms in total. The molecule has 76 valence electrons. The first-order valence-electron chi connectivity index (χ1n) is 4.70. The molecule has 1 aliphatic carbocycles. The Kier molecular flexibility index (Phi) is 2.25. The Labute approximate surface area is 81.5 Å². The van der Waals surface area contributed by atoms with E-state index < -0.39 is 5.60 Å². The molecule has 0 aromatic carbocycles. The van der Waals surface area contributed by atoms with E-state index in [1.54, 1.807) is 6.07 Å². The molecule has 0 unspecified atom stereocenters.